The molecule has 0 bridgehead atoms. The molecule has 3 atom stereocenters. The number of ether oxygens (including phenoxy) is 4. The zero-order chi connectivity index (χ0) is 10.8. The predicted molar refractivity (Wildman–Crippen MR) is 54.5 cm³/mol. The zero-order valence-electron chi connectivity index (χ0n) is 9.61. The van der Waals surface area contributed by atoms with Gasteiger partial charge in [-0.15, -0.1) is 0 Å². The number of unbranched alkanes of at least 4 members (excludes halogenated alkanes) is 1. The van der Waals surface area contributed by atoms with Gasteiger partial charge in [-0.05, 0) is 25.7 Å². The van der Waals surface area contributed by atoms with Crippen LogP contribution < -0.4 is 0 Å². The Balaban J connectivity index is 1.11. The summed E-state index contributed by atoms with van der Waals surface area (Å²) in [7, 11) is 0. The van der Waals surface area contributed by atoms with Crippen LogP contribution in [0.5, 0.6) is 0 Å². The van der Waals surface area contributed by atoms with E-state index in [2.05, 4.69) is 6.92 Å². The molecular formula is C12H18O4. The maximum Gasteiger partial charge on any atom is 0.349 e. The minimum absolute atomic E-state index is 0.195. The molecule has 0 saturated carbocycles. The van der Waals surface area contributed by atoms with Gasteiger partial charge in [-0.25, -0.2) is 0 Å². The van der Waals surface area contributed by atoms with Crippen LogP contribution in [0, 0.1) is 0 Å². The second kappa shape index (κ2) is 2.99. The molecule has 0 spiro atoms. The summed E-state index contributed by atoms with van der Waals surface area (Å²) in [4.78, 5) is 0. The number of rotatable bonds is 7. The Hall–Kier alpha value is -0.160. The SMILES string of the molecule is CCCCC1OC1CCCC1OC23OC12O3. The number of hydrogen-bond acceptors (Lipinski definition) is 4. The average molecular weight is 226 g/mol. The molecule has 16 heavy (non-hydrogen) atoms. The van der Waals surface area contributed by atoms with Gasteiger partial charge in [0.15, 0.2) is 0 Å². The lowest BCUT2D eigenvalue weighted by Gasteiger charge is -2.14. The maximum absolute atomic E-state index is 5.62. The van der Waals surface area contributed by atoms with Crippen LogP contribution in [0.3, 0.4) is 0 Å². The van der Waals surface area contributed by atoms with E-state index < -0.39 is 5.97 Å². The highest BCUT2D eigenvalue weighted by molar-refractivity contribution is 5.24. The quantitative estimate of drug-likeness (QED) is 0.622. The Morgan fingerprint density at radius 1 is 1.00 bits per heavy atom. The van der Waals surface area contributed by atoms with Gasteiger partial charge in [0.2, 0.25) is 0 Å². The van der Waals surface area contributed by atoms with Crippen LogP contribution in [0.2, 0.25) is 0 Å². The minimum Gasteiger partial charge on any atom is -0.370 e. The van der Waals surface area contributed by atoms with Crippen molar-refractivity contribution in [3.05, 3.63) is 0 Å². The molecular weight excluding hydrogens is 208 g/mol. The summed E-state index contributed by atoms with van der Waals surface area (Å²) in [6.45, 7) is 2.22. The van der Waals surface area contributed by atoms with Crippen molar-refractivity contribution in [2.24, 2.45) is 0 Å². The first-order valence-electron chi connectivity index (χ1n) is 6.53. The van der Waals surface area contributed by atoms with Crippen molar-refractivity contribution in [1.82, 2.24) is 0 Å². The average Bonchev–Trinajstić information content (AvgIpc) is 3.09. The summed E-state index contributed by atoms with van der Waals surface area (Å²) in [5, 5.41) is 0. The fraction of sp³-hybridized carbons (Fsp3) is 1.00. The Bertz CT molecular complexity index is 310. The fourth-order valence-electron chi connectivity index (χ4n) is 2.87. The van der Waals surface area contributed by atoms with Gasteiger partial charge >= 0.3 is 5.97 Å². The molecule has 4 rings (SSSR count). The van der Waals surface area contributed by atoms with Crippen molar-refractivity contribution in [2.75, 3.05) is 0 Å². The van der Waals surface area contributed by atoms with Gasteiger partial charge in [-0.1, -0.05) is 19.8 Å². The van der Waals surface area contributed by atoms with Gasteiger partial charge < -0.3 is 9.47 Å². The highest BCUT2D eigenvalue weighted by atomic mass is 17.2. The summed E-state index contributed by atoms with van der Waals surface area (Å²) in [6.07, 6.45) is 8.42. The van der Waals surface area contributed by atoms with E-state index in [-0.39, 0.29) is 11.9 Å². The molecule has 0 amide bonds. The van der Waals surface area contributed by atoms with Gasteiger partial charge in [-0.3, -0.25) is 9.47 Å². The molecule has 0 aromatic rings. The van der Waals surface area contributed by atoms with Crippen molar-refractivity contribution >= 4 is 0 Å². The molecule has 4 aliphatic heterocycles. The lowest BCUT2D eigenvalue weighted by atomic mass is 10.0. The number of hydrogen-bond donors (Lipinski definition) is 0. The highest BCUT2D eigenvalue weighted by Crippen LogP contribution is 2.79. The van der Waals surface area contributed by atoms with Crippen LogP contribution in [0.4, 0.5) is 0 Å². The smallest absolute Gasteiger partial charge is 0.349 e. The van der Waals surface area contributed by atoms with Crippen molar-refractivity contribution < 1.29 is 18.9 Å². The topological polar surface area (TPSA) is 46.8 Å². The van der Waals surface area contributed by atoms with E-state index in [4.69, 9.17) is 18.9 Å². The van der Waals surface area contributed by atoms with E-state index in [9.17, 15) is 0 Å². The summed E-state index contributed by atoms with van der Waals surface area (Å²) < 4.78 is 21.6. The minimum atomic E-state index is -0.530. The zero-order valence-corrected chi connectivity index (χ0v) is 9.61. The van der Waals surface area contributed by atoms with Crippen molar-refractivity contribution in [3.8, 4) is 0 Å². The Morgan fingerprint density at radius 3 is 2.31 bits per heavy atom. The molecule has 4 saturated heterocycles. The number of epoxide rings is 3. The lowest BCUT2D eigenvalue weighted by molar-refractivity contribution is -0.143. The van der Waals surface area contributed by atoms with Crippen LogP contribution in [0.25, 0.3) is 0 Å². The van der Waals surface area contributed by atoms with Crippen LogP contribution in [0.1, 0.15) is 45.4 Å². The van der Waals surface area contributed by atoms with Crippen LogP contribution in [-0.2, 0) is 18.9 Å². The third-order valence-corrected chi connectivity index (χ3v) is 4.12. The third kappa shape index (κ3) is 1.19. The molecule has 4 heteroatoms. The largest absolute Gasteiger partial charge is 0.370 e. The van der Waals surface area contributed by atoms with Crippen molar-refractivity contribution in [3.63, 3.8) is 0 Å². The second-order valence-electron chi connectivity index (χ2n) is 5.32. The van der Waals surface area contributed by atoms with E-state index in [1.807, 2.05) is 0 Å². The van der Waals surface area contributed by atoms with Gasteiger partial charge in [0.1, 0.15) is 6.10 Å². The molecule has 0 radical (unpaired) electrons. The Labute approximate surface area is 95.2 Å². The summed E-state index contributed by atoms with van der Waals surface area (Å²) >= 11 is 0. The van der Waals surface area contributed by atoms with Crippen molar-refractivity contribution in [1.29, 1.82) is 0 Å². The second-order valence-corrected chi connectivity index (χ2v) is 5.32. The Morgan fingerprint density at radius 2 is 1.75 bits per heavy atom. The van der Waals surface area contributed by atoms with Crippen LogP contribution in [-0.4, -0.2) is 30.1 Å². The van der Waals surface area contributed by atoms with Gasteiger partial charge in [0.25, 0.3) is 5.79 Å². The summed E-state index contributed by atoms with van der Waals surface area (Å²) in [6, 6.07) is 0. The van der Waals surface area contributed by atoms with E-state index in [0.29, 0.717) is 12.2 Å². The normalized spacial score (nSPS) is 54.9. The molecule has 4 aliphatic rings. The molecule has 4 nitrogen and oxygen atoms in total. The van der Waals surface area contributed by atoms with E-state index in [0.717, 1.165) is 19.3 Å². The standard InChI is InChI=1S/C12H18O4/c1-2-3-5-8-9(13-8)6-4-7-10-11-12(14-10,15-11)16-11/h8-10H,2-7H2,1H3. The van der Waals surface area contributed by atoms with E-state index in [1.54, 1.807) is 0 Å². The van der Waals surface area contributed by atoms with Crippen LogP contribution in [0.15, 0.2) is 0 Å². The van der Waals surface area contributed by atoms with Gasteiger partial charge in [-0.2, -0.15) is 0 Å². The molecule has 0 N–H and O–H groups in total. The molecule has 4 fully saturated rings. The lowest BCUT2D eigenvalue weighted by Crippen LogP contribution is -2.33. The van der Waals surface area contributed by atoms with E-state index >= 15 is 0 Å². The summed E-state index contributed by atoms with van der Waals surface area (Å²) in [5.74, 6) is -0.795. The van der Waals surface area contributed by atoms with Crippen LogP contribution >= 0.6 is 0 Å². The fourth-order valence-corrected chi connectivity index (χ4v) is 2.87. The van der Waals surface area contributed by atoms with Gasteiger partial charge in [0, 0.05) is 0 Å². The molecule has 0 aromatic carbocycles. The highest BCUT2D eigenvalue weighted by Gasteiger charge is 3.05. The molecule has 3 unspecified atom stereocenters. The first kappa shape index (κ1) is 9.83. The predicted octanol–water partition coefficient (Wildman–Crippen LogP) is 1.92. The Kier molecular flexibility index (Phi) is 1.84. The molecule has 0 aromatic heterocycles. The third-order valence-electron chi connectivity index (χ3n) is 4.12. The molecule has 4 heterocycles. The first-order chi connectivity index (χ1) is 7.80. The first-order valence-corrected chi connectivity index (χ1v) is 6.53. The monoisotopic (exact) mass is 226 g/mol. The van der Waals surface area contributed by atoms with Gasteiger partial charge in [0.05, 0.1) is 12.2 Å². The summed E-state index contributed by atoms with van der Waals surface area (Å²) in [5.41, 5.74) is 0. The van der Waals surface area contributed by atoms with E-state index in [1.165, 1.54) is 19.3 Å². The molecule has 90 valence electrons. The maximum atomic E-state index is 5.62. The van der Waals surface area contributed by atoms with Crippen molar-refractivity contribution in [2.45, 2.75) is 75.5 Å². The molecule has 0 aliphatic carbocycles.